The number of para-hydroxylation sites is 2. The van der Waals surface area contributed by atoms with E-state index in [-0.39, 0.29) is 23.7 Å². The largest absolute Gasteiger partial charge is 0.506 e. The van der Waals surface area contributed by atoms with E-state index in [9.17, 15) is 9.90 Å². The van der Waals surface area contributed by atoms with E-state index in [4.69, 9.17) is 10.5 Å². The second-order valence-electron chi connectivity index (χ2n) is 3.56. The predicted molar refractivity (Wildman–Crippen MR) is 65.6 cm³/mol. The average molecular weight is 247 g/mol. The fourth-order valence-electron chi connectivity index (χ4n) is 1.56. The zero-order chi connectivity index (χ0) is 13.1. The highest BCUT2D eigenvalue weighted by Crippen LogP contribution is 2.24. The molecule has 94 valence electrons. The third-order valence-electron chi connectivity index (χ3n) is 2.41. The van der Waals surface area contributed by atoms with E-state index in [1.165, 1.54) is 16.9 Å². The summed E-state index contributed by atoms with van der Waals surface area (Å²) in [6.07, 6.45) is 1.32. The number of esters is 1. The molecule has 6 heteroatoms. The Morgan fingerprint density at radius 2 is 2.22 bits per heavy atom. The van der Waals surface area contributed by atoms with Crippen LogP contribution in [0, 0.1) is 0 Å². The van der Waals surface area contributed by atoms with Crippen molar-refractivity contribution < 1.29 is 14.6 Å². The molecule has 1 heterocycles. The van der Waals surface area contributed by atoms with Crippen molar-refractivity contribution in [2.45, 2.75) is 6.92 Å². The van der Waals surface area contributed by atoms with Crippen LogP contribution in [-0.2, 0) is 4.74 Å². The van der Waals surface area contributed by atoms with Crippen LogP contribution in [0.2, 0.25) is 0 Å². The van der Waals surface area contributed by atoms with Gasteiger partial charge >= 0.3 is 5.97 Å². The summed E-state index contributed by atoms with van der Waals surface area (Å²) in [5.41, 5.74) is 6.41. The molecule has 1 aromatic carbocycles. The number of ether oxygens (including phenoxy) is 1. The summed E-state index contributed by atoms with van der Waals surface area (Å²) in [6, 6.07) is 6.58. The smallest absolute Gasteiger partial charge is 0.343 e. The van der Waals surface area contributed by atoms with Crippen LogP contribution in [0.5, 0.6) is 5.75 Å². The monoisotopic (exact) mass is 247 g/mol. The first kappa shape index (κ1) is 12.0. The Bertz CT molecular complexity index is 578. The first-order valence-corrected chi connectivity index (χ1v) is 5.44. The van der Waals surface area contributed by atoms with Crippen LogP contribution in [0.4, 0.5) is 5.82 Å². The second kappa shape index (κ2) is 4.79. The van der Waals surface area contributed by atoms with Crippen molar-refractivity contribution in [1.29, 1.82) is 0 Å². The van der Waals surface area contributed by atoms with Gasteiger partial charge < -0.3 is 15.6 Å². The summed E-state index contributed by atoms with van der Waals surface area (Å²) in [5.74, 6) is -0.366. The van der Waals surface area contributed by atoms with Gasteiger partial charge in [0.2, 0.25) is 0 Å². The number of aromatic nitrogens is 2. The molecule has 0 saturated heterocycles. The fourth-order valence-corrected chi connectivity index (χ4v) is 1.56. The number of nitrogens with two attached hydrogens (primary N) is 1. The van der Waals surface area contributed by atoms with Crippen LogP contribution in [0.3, 0.4) is 0 Å². The minimum Gasteiger partial charge on any atom is -0.506 e. The van der Waals surface area contributed by atoms with Crippen LogP contribution in [0.15, 0.2) is 30.5 Å². The Morgan fingerprint density at radius 1 is 1.50 bits per heavy atom. The molecule has 0 bridgehead atoms. The van der Waals surface area contributed by atoms with Gasteiger partial charge in [-0.25, -0.2) is 9.48 Å². The van der Waals surface area contributed by atoms with Gasteiger partial charge in [0.15, 0.2) is 0 Å². The molecule has 0 aliphatic carbocycles. The molecule has 0 fully saturated rings. The molecule has 0 radical (unpaired) electrons. The van der Waals surface area contributed by atoms with E-state index in [2.05, 4.69) is 5.10 Å². The van der Waals surface area contributed by atoms with Crippen molar-refractivity contribution in [3.05, 3.63) is 36.0 Å². The lowest BCUT2D eigenvalue weighted by Crippen LogP contribution is -2.09. The average Bonchev–Trinajstić information content (AvgIpc) is 2.72. The number of nitrogens with zero attached hydrogens (tertiary/aromatic N) is 2. The minimum absolute atomic E-state index is 0.0303. The summed E-state index contributed by atoms with van der Waals surface area (Å²) >= 11 is 0. The van der Waals surface area contributed by atoms with E-state index in [1.54, 1.807) is 25.1 Å². The van der Waals surface area contributed by atoms with Crippen molar-refractivity contribution in [3.8, 4) is 11.4 Å². The number of phenolic OH excluding ortho intramolecular Hbond substituents is 1. The number of rotatable bonds is 3. The molecule has 18 heavy (non-hydrogen) atoms. The molecule has 0 amide bonds. The number of benzene rings is 1. The third-order valence-corrected chi connectivity index (χ3v) is 2.41. The van der Waals surface area contributed by atoms with Gasteiger partial charge in [0, 0.05) is 0 Å². The van der Waals surface area contributed by atoms with Gasteiger partial charge in [0.1, 0.15) is 22.8 Å². The van der Waals surface area contributed by atoms with Gasteiger partial charge in [-0.1, -0.05) is 12.1 Å². The van der Waals surface area contributed by atoms with Crippen LogP contribution in [0.25, 0.3) is 5.69 Å². The van der Waals surface area contributed by atoms with Crippen molar-refractivity contribution in [3.63, 3.8) is 0 Å². The highest BCUT2D eigenvalue weighted by atomic mass is 16.5. The highest BCUT2D eigenvalue weighted by Gasteiger charge is 2.18. The third kappa shape index (κ3) is 2.00. The summed E-state index contributed by atoms with van der Waals surface area (Å²) in [5, 5.41) is 13.7. The lowest BCUT2D eigenvalue weighted by Gasteiger charge is -2.06. The van der Waals surface area contributed by atoms with Gasteiger partial charge in [0.05, 0.1) is 12.8 Å². The number of hydrogen-bond donors (Lipinski definition) is 2. The molecule has 2 aromatic rings. The zero-order valence-corrected chi connectivity index (χ0v) is 9.83. The van der Waals surface area contributed by atoms with Crippen LogP contribution < -0.4 is 5.73 Å². The molecule has 6 nitrogen and oxygen atoms in total. The van der Waals surface area contributed by atoms with E-state index in [0.717, 1.165) is 0 Å². The quantitative estimate of drug-likeness (QED) is 0.799. The lowest BCUT2D eigenvalue weighted by atomic mass is 10.3. The van der Waals surface area contributed by atoms with Crippen molar-refractivity contribution in [2.75, 3.05) is 12.3 Å². The Labute approximate surface area is 104 Å². The Balaban J connectivity index is 2.43. The van der Waals surface area contributed by atoms with E-state index in [1.807, 2.05) is 0 Å². The lowest BCUT2D eigenvalue weighted by molar-refractivity contribution is 0.0527. The van der Waals surface area contributed by atoms with Gasteiger partial charge in [-0.15, -0.1) is 0 Å². The van der Waals surface area contributed by atoms with Crippen LogP contribution in [-0.4, -0.2) is 27.5 Å². The maximum atomic E-state index is 11.6. The Morgan fingerprint density at radius 3 is 2.89 bits per heavy atom. The fraction of sp³-hybridized carbons (Fsp3) is 0.167. The van der Waals surface area contributed by atoms with Crippen molar-refractivity contribution >= 4 is 11.8 Å². The van der Waals surface area contributed by atoms with Gasteiger partial charge in [-0.2, -0.15) is 5.10 Å². The SMILES string of the molecule is CCOC(=O)c1cnn(-c2ccccc2O)c1N. The topological polar surface area (TPSA) is 90.4 Å². The second-order valence-corrected chi connectivity index (χ2v) is 3.56. The van der Waals surface area contributed by atoms with Gasteiger partial charge in [-0.05, 0) is 19.1 Å². The molecule has 0 aliphatic rings. The molecule has 0 atom stereocenters. The number of anilines is 1. The zero-order valence-electron chi connectivity index (χ0n) is 9.83. The number of aromatic hydroxyl groups is 1. The maximum absolute atomic E-state index is 11.6. The van der Waals surface area contributed by atoms with Gasteiger partial charge in [-0.3, -0.25) is 0 Å². The molecule has 3 N–H and O–H groups in total. The molecular weight excluding hydrogens is 234 g/mol. The van der Waals surface area contributed by atoms with Crippen molar-refractivity contribution in [1.82, 2.24) is 9.78 Å². The summed E-state index contributed by atoms with van der Waals surface area (Å²) in [6.45, 7) is 1.97. The summed E-state index contributed by atoms with van der Waals surface area (Å²) in [7, 11) is 0. The molecule has 0 unspecified atom stereocenters. The molecular formula is C12H13N3O3. The summed E-state index contributed by atoms with van der Waals surface area (Å²) < 4.78 is 6.15. The number of nitrogen functional groups attached to an aromatic ring is 1. The van der Waals surface area contributed by atoms with E-state index < -0.39 is 5.97 Å². The number of carbonyl (C=O) groups excluding carboxylic acids is 1. The number of phenols is 1. The predicted octanol–water partition coefficient (Wildman–Crippen LogP) is 1.34. The molecule has 1 aromatic heterocycles. The molecule has 0 aliphatic heterocycles. The van der Waals surface area contributed by atoms with Crippen LogP contribution >= 0.6 is 0 Å². The van der Waals surface area contributed by atoms with E-state index in [0.29, 0.717) is 5.69 Å². The van der Waals surface area contributed by atoms with Crippen molar-refractivity contribution in [2.24, 2.45) is 0 Å². The van der Waals surface area contributed by atoms with Gasteiger partial charge in [0.25, 0.3) is 0 Å². The Hall–Kier alpha value is -2.50. The first-order chi connectivity index (χ1) is 8.65. The molecule has 0 saturated carbocycles. The summed E-state index contributed by atoms with van der Waals surface area (Å²) in [4.78, 5) is 11.6. The van der Waals surface area contributed by atoms with E-state index >= 15 is 0 Å². The molecule has 0 spiro atoms. The number of hydrogen-bond acceptors (Lipinski definition) is 5. The maximum Gasteiger partial charge on any atom is 0.343 e. The Kier molecular flexibility index (Phi) is 3.18. The molecule has 2 rings (SSSR count). The first-order valence-electron chi connectivity index (χ1n) is 5.44. The number of carbonyl (C=O) groups is 1. The minimum atomic E-state index is -0.531. The standard InChI is InChI=1S/C12H13N3O3/c1-2-18-12(17)8-7-14-15(11(8)13)9-5-3-4-6-10(9)16/h3-7,16H,2,13H2,1H3. The highest BCUT2D eigenvalue weighted by molar-refractivity contribution is 5.94. The van der Waals surface area contributed by atoms with Crippen LogP contribution in [0.1, 0.15) is 17.3 Å². The normalized spacial score (nSPS) is 10.3.